The second-order valence-corrected chi connectivity index (χ2v) is 9.17. The lowest BCUT2D eigenvalue weighted by molar-refractivity contribution is -0.128. The lowest BCUT2D eigenvalue weighted by atomic mass is 10.1. The molecule has 0 bridgehead atoms. The number of hydrogen-bond acceptors (Lipinski definition) is 6. The van der Waals surface area contributed by atoms with Crippen LogP contribution >= 0.6 is 0 Å². The number of hydrogen-bond donors (Lipinski definition) is 4. The lowest BCUT2D eigenvalue weighted by Gasteiger charge is -2.16. The summed E-state index contributed by atoms with van der Waals surface area (Å²) >= 11 is 0. The largest absolute Gasteiger partial charge is 0.382 e. The summed E-state index contributed by atoms with van der Waals surface area (Å²) in [7, 11) is 0. The predicted molar refractivity (Wildman–Crippen MR) is 147 cm³/mol. The summed E-state index contributed by atoms with van der Waals surface area (Å²) in [5, 5.41) is 6.53. The van der Waals surface area contributed by atoms with Gasteiger partial charge in [-0.25, -0.2) is 9.97 Å². The molecule has 37 heavy (non-hydrogen) atoms. The molecular weight excluding hydrogens is 466 g/mol. The van der Waals surface area contributed by atoms with E-state index in [-0.39, 0.29) is 18.4 Å². The highest BCUT2D eigenvalue weighted by Gasteiger charge is 2.19. The molecule has 0 saturated heterocycles. The number of rotatable bonds is 11. The minimum atomic E-state index is -0.737. The summed E-state index contributed by atoms with van der Waals surface area (Å²) in [4.78, 5) is 33.5. The van der Waals surface area contributed by atoms with Crippen molar-refractivity contribution in [3.8, 4) is 0 Å². The maximum Gasteiger partial charge on any atom is 0.244 e. The maximum atomic E-state index is 12.4. The topological polar surface area (TPSA) is 141 Å². The molecule has 9 heteroatoms. The Morgan fingerprint density at radius 1 is 1.03 bits per heavy atom. The van der Waals surface area contributed by atoms with Crippen molar-refractivity contribution in [2.24, 2.45) is 5.73 Å². The summed E-state index contributed by atoms with van der Waals surface area (Å²) in [6, 6.07) is 15.4. The van der Waals surface area contributed by atoms with Gasteiger partial charge in [0.2, 0.25) is 11.8 Å². The Morgan fingerprint density at radius 3 is 2.46 bits per heavy atom. The highest BCUT2D eigenvalue weighted by Crippen LogP contribution is 2.30. The number of carbonyl (C=O) groups excluding carboxylic acids is 2. The summed E-state index contributed by atoms with van der Waals surface area (Å²) in [6.45, 7) is 4.94. The third-order valence-corrected chi connectivity index (χ3v) is 6.48. The number of imidazole rings is 1. The molecule has 2 heterocycles. The molecule has 2 amide bonds. The van der Waals surface area contributed by atoms with Gasteiger partial charge < -0.3 is 26.7 Å². The molecule has 0 aliphatic carbocycles. The normalized spacial score (nSPS) is 12.1. The van der Waals surface area contributed by atoms with E-state index in [1.807, 2.05) is 30.3 Å². The summed E-state index contributed by atoms with van der Waals surface area (Å²) in [5.74, 6) is 0.949. The van der Waals surface area contributed by atoms with Crippen LogP contribution in [0.25, 0.3) is 21.9 Å². The average molecular weight is 502 g/mol. The number of unbranched alkanes of at least 4 members (excludes halogenated alkanes) is 1. The first kappa shape index (κ1) is 26.1. The van der Waals surface area contributed by atoms with Gasteiger partial charge in [-0.15, -0.1) is 0 Å². The van der Waals surface area contributed by atoms with Gasteiger partial charge in [-0.3, -0.25) is 9.59 Å². The molecular formula is C28H35N7O2. The molecule has 4 rings (SSSR count). The quantitative estimate of drug-likeness (QED) is 0.249. The number of anilines is 1. The zero-order valence-corrected chi connectivity index (χ0v) is 21.5. The third kappa shape index (κ3) is 5.89. The van der Waals surface area contributed by atoms with Gasteiger partial charge in [0.1, 0.15) is 17.4 Å². The fourth-order valence-corrected chi connectivity index (χ4v) is 4.39. The standard InChI is InChI=1S/C28H35N7O2/c1-3-5-10-23-34-25-26(20-8-6-7-9-21(20)33-27(25)30)35(23)17-19-13-11-18(12-14-19)16-31-28(37)22(15-29)32-24(36)4-2/h6-9,11-14,22H,3-5,10,15-17,29H2,1-2H3,(H2,30,33)(H,31,37)(H,32,36). The molecule has 1 atom stereocenters. The van der Waals surface area contributed by atoms with E-state index in [1.54, 1.807) is 6.92 Å². The molecule has 9 nitrogen and oxygen atoms in total. The predicted octanol–water partition coefficient (Wildman–Crippen LogP) is 3.03. The first-order chi connectivity index (χ1) is 17.9. The van der Waals surface area contributed by atoms with Crippen LogP contribution in [0.5, 0.6) is 0 Å². The molecule has 0 spiro atoms. The van der Waals surface area contributed by atoms with E-state index >= 15 is 0 Å². The molecule has 6 N–H and O–H groups in total. The van der Waals surface area contributed by atoms with Crippen LogP contribution in [0.15, 0.2) is 48.5 Å². The molecule has 194 valence electrons. The van der Waals surface area contributed by atoms with Crippen LogP contribution in [-0.2, 0) is 29.1 Å². The van der Waals surface area contributed by atoms with E-state index < -0.39 is 6.04 Å². The van der Waals surface area contributed by atoms with Crippen LogP contribution in [0.2, 0.25) is 0 Å². The Bertz CT molecular complexity index is 1400. The Labute approximate surface area is 216 Å². The molecule has 2 aromatic heterocycles. The Morgan fingerprint density at radius 2 is 1.76 bits per heavy atom. The van der Waals surface area contributed by atoms with Crippen LogP contribution in [0.1, 0.15) is 50.1 Å². The number of pyridine rings is 1. The molecule has 2 aromatic carbocycles. The van der Waals surface area contributed by atoms with Gasteiger partial charge in [-0.05, 0) is 23.6 Å². The number of fused-ring (bicyclic) bond motifs is 3. The second-order valence-electron chi connectivity index (χ2n) is 9.17. The van der Waals surface area contributed by atoms with Crippen molar-refractivity contribution < 1.29 is 9.59 Å². The third-order valence-electron chi connectivity index (χ3n) is 6.48. The number of amides is 2. The molecule has 0 fully saturated rings. The number of para-hydroxylation sites is 1. The summed E-state index contributed by atoms with van der Waals surface area (Å²) in [5.41, 5.74) is 16.7. The van der Waals surface area contributed by atoms with Crippen molar-refractivity contribution in [3.05, 3.63) is 65.5 Å². The maximum absolute atomic E-state index is 12.4. The minimum absolute atomic E-state index is 0.0461. The Kier molecular flexibility index (Phi) is 8.35. The van der Waals surface area contributed by atoms with Gasteiger partial charge in [-0.1, -0.05) is 62.7 Å². The number of aryl methyl sites for hydroxylation is 1. The number of nitrogens with two attached hydrogens (primary N) is 2. The van der Waals surface area contributed by atoms with Crippen LogP contribution in [-0.4, -0.2) is 38.9 Å². The van der Waals surface area contributed by atoms with Crippen molar-refractivity contribution >= 4 is 39.6 Å². The lowest BCUT2D eigenvalue weighted by Crippen LogP contribution is -2.50. The van der Waals surface area contributed by atoms with Crippen LogP contribution in [0.4, 0.5) is 5.82 Å². The van der Waals surface area contributed by atoms with Crippen LogP contribution in [0, 0.1) is 0 Å². The zero-order chi connectivity index (χ0) is 26.4. The number of benzene rings is 2. The van der Waals surface area contributed by atoms with E-state index in [2.05, 4.69) is 45.3 Å². The zero-order valence-electron chi connectivity index (χ0n) is 21.5. The number of nitrogen functional groups attached to an aromatic ring is 1. The van der Waals surface area contributed by atoms with Gasteiger partial charge >= 0.3 is 0 Å². The van der Waals surface area contributed by atoms with Gasteiger partial charge in [0.25, 0.3) is 0 Å². The second kappa shape index (κ2) is 11.8. The fraction of sp³-hybridized carbons (Fsp3) is 0.357. The highest BCUT2D eigenvalue weighted by molar-refractivity contribution is 6.06. The Balaban J connectivity index is 1.55. The average Bonchev–Trinajstić information content (AvgIpc) is 3.28. The van der Waals surface area contributed by atoms with Crippen molar-refractivity contribution in [1.82, 2.24) is 25.2 Å². The number of aromatic nitrogens is 3. The monoisotopic (exact) mass is 501 g/mol. The van der Waals surface area contributed by atoms with Crippen molar-refractivity contribution in [2.45, 2.75) is 58.7 Å². The Hall–Kier alpha value is -3.98. The summed E-state index contributed by atoms with van der Waals surface area (Å²) < 4.78 is 2.25. The fourth-order valence-electron chi connectivity index (χ4n) is 4.39. The van der Waals surface area contributed by atoms with E-state index in [0.29, 0.717) is 25.3 Å². The first-order valence-corrected chi connectivity index (χ1v) is 12.8. The molecule has 1 unspecified atom stereocenters. The minimum Gasteiger partial charge on any atom is -0.382 e. The molecule has 4 aromatic rings. The van der Waals surface area contributed by atoms with Gasteiger partial charge in [0.05, 0.1) is 11.0 Å². The van der Waals surface area contributed by atoms with Crippen molar-refractivity contribution in [1.29, 1.82) is 0 Å². The first-order valence-electron chi connectivity index (χ1n) is 12.8. The molecule has 0 aliphatic rings. The van der Waals surface area contributed by atoms with E-state index in [4.69, 9.17) is 16.5 Å². The number of nitrogens with one attached hydrogen (secondary N) is 2. The highest BCUT2D eigenvalue weighted by atomic mass is 16.2. The van der Waals surface area contributed by atoms with Crippen LogP contribution in [0.3, 0.4) is 0 Å². The molecule has 0 radical (unpaired) electrons. The van der Waals surface area contributed by atoms with Crippen molar-refractivity contribution in [2.75, 3.05) is 12.3 Å². The van der Waals surface area contributed by atoms with Gasteiger partial charge in [-0.2, -0.15) is 0 Å². The van der Waals surface area contributed by atoms with Gasteiger partial charge in [0.15, 0.2) is 5.82 Å². The number of carbonyl (C=O) groups is 2. The van der Waals surface area contributed by atoms with Gasteiger partial charge in [0, 0.05) is 37.9 Å². The number of nitrogens with zero attached hydrogens (tertiary/aromatic N) is 3. The van der Waals surface area contributed by atoms with E-state index in [9.17, 15) is 9.59 Å². The smallest absolute Gasteiger partial charge is 0.244 e. The van der Waals surface area contributed by atoms with Crippen molar-refractivity contribution in [3.63, 3.8) is 0 Å². The van der Waals surface area contributed by atoms with E-state index in [0.717, 1.165) is 58.2 Å². The van der Waals surface area contributed by atoms with Crippen LogP contribution < -0.4 is 22.1 Å². The summed E-state index contributed by atoms with van der Waals surface area (Å²) in [6.07, 6.45) is 3.28. The SMILES string of the molecule is CCCCc1nc2c(N)nc3ccccc3c2n1Cc1ccc(CNC(=O)C(CN)NC(=O)CC)cc1. The van der Waals surface area contributed by atoms with E-state index in [1.165, 1.54) is 0 Å². The molecule has 0 aliphatic heterocycles. The molecule has 0 saturated carbocycles.